The van der Waals surface area contributed by atoms with Crippen LogP contribution in [0.1, 0.15) is 5.56 Å². The van der Waals surface area contributed by atoms with E-state index < -0.39 is 7.14 Å². The smallest absolute Gasteiger partial charge is 0.354 e. The Labute approximate surface area is 140 Å². The van der Waals surface area contributed by atoms with E-state index in [2.05, 4.69) is 85.0 Å². The molecule has 0 unspecified atom stereocenters. The molecule has 112 valence electrons. The molecule has 0 atom stereocenters. The van der Waals surface area contributed by atoms with Crippen LogP contribution in [0.25, 0.3) is 0 Å². The van der Waals surface area contributed by atoms with E-state index in [1.54, 1.807) is 0 Å². The lowest BCUT2D eigenvalue weighted by molar-refractivity contribution is 1.41. The maximum absolute atomic E-state index is 6.97. The summed E-state index contributed by atoms with van der Waals surface area (Å²) in [5.41, 5.74) is 2.37. The number of anilines is 1. The molecule has 0 spiro atoms. The molecule has 0 bridgehead atoms. The number of hydrogen-bond acceptors (Lipinski definition) is 1. The summed E-state index contributed by atoms with van der Waals surface area (Å²) in [6, 6.07) is 29.3. The molecule has 0 heterocycles. The number of rotatable bonds is 5. The molecule has 0 aromatic heterocycles. The molecule has 1 nitrogen and oxygen atoms in total. The van der Waals surface area contributed by atoms with Crippen LogP contribution < -0.4 is 15.9 Å². The van der Waals surface area contributed by atoms with Gasteiger partial charge < -0.3 is 5.32 Å². The van der Waals surface area contributed by atoms with Crippen molar-refractivity contribution in [2.75, 3.05) is 11.6 Å². The summed E-state index contributed by atoms with van der Waals surface area (Å²) in [6.07, 6.45) is 0.740. The molecular formula is C20H20BNP+. The SMILES string of the molecule is [B][P+](CNc1ccc(C)cc1)(c1ccccc1)c1ccccc1. The zero-order valence-corrected chi connectivity index (χ0v) is 14.2. The van der Waals surface area contributed by atoms with Gasteiger partial charge >= 0.3 is 7.57 Å². The van der Waals surface area contributed by atoms with Crippen molar-refractivity contribution in [2.24, 2.45) is 0 Å². The first-order chi connectivity index (χ1) is 11.2. The van der Waals surface area contributed by atoms with E-state index in [9.17, 15) is 0 Å². The summed E-state index contributed by atoms with van der Waals surface area (Å²) in [7, 11) is 5.00. The Kier molecular flexibility index (Phi) is 4.83. The van der Waals surface area contributed by atoms with Gasteiger partial charge in [-0.1, -0.05) is 54.1 Å². The maximum Gasteiger partial charge on any atom is 0.379 e. The molecule has 0 aliphatic heterocycles. The van der Waals surface area contributed by atoms with E-state index >= 15 is 0 Å². The van der Waals surface area contributed by atoms with Gasteiger partial charge in [-0.25, -0.2) is 0 Å². The van der Waals surface area contributed by atoms with Crippen LogP contribution in [0.2, 0.25) is 0 Å². The first kappa shape index (κ1) is 15.8. The topological polar surface area (TPSA) is 12.0 Å². The third kappa shape index (κ3) is 3.65. The van der Waals surface area contributed by atoms with Crippen molar-refractivity contribution in [3.63, 3.8) is 0 Å². The van der Waals surface area contributed by atoms with E-state index in [1.807, 2.05) is 12.1 Å². The van der Waals surface area contributed by atoms with Gasteiger partial charge in [-0.2, -0.15) is 0 Å². The van der Waals surface area contributed by atoms with Gasteiger partial charge in [0.25, 0.3) is 0 Å². The van der Waals surface area contributed by atoms with Crippen molar-refractivity contribution in [2.45, 2.75) is 6.92 Å². The Morgan fingerprint density at radius 3 is 1.70 bits per heavy atom. The summed E-state index contributed by atoms with van der Waals surface area (Å²) in [5.74, 6) is 0. The normalized spacial score (nSPS) is 11.2. The largest absolute Gasteiger partial charge is 0.379 e. The van der Waals surface area contributed by atoms with Crippen LogP contribution in [0.3, 0.4) is 0 Å². The predicted molar refractivity (Wildman–Crippen MR) is 104 cm³/mol. The predicted octanol–water partition coefficient (Wildman–Crippen LogP) is 4.12. The van der Waals surface area contributed by atoms with Gasteiger partial charge in [0.05, 0.1) is 10.6 Å². The highest BCUT2D eigenvalue weighted by Crippen LogP contribution is 2.50. The summed E-state index contributed by atoms with van der Waals surface area (Å²) < 4.78 is 0. The van der Waals surface area contributed by atoms with Gasteiger partial charge in [0.1, 0.15) is 6.29 Å². The first-order valence-electron chi connectivity index (χ1n) is 7.77. The molecule has 1 N–H and O–H groups in total. The fourth-order valence-corrected chi connectivity index (χ4v) is 5.11. The van der Waals surface area contributed by atoms with Gasteiger partial charge in [0, 0.05) is 12.8 Å². The van der Waals surface area contributed by atoms with E-state index in [0.29, 0.717) is 0 Å². The Bertz CT molecular complexity index is 702. The van der Waals surface area contributed by atoms with Gasteiger partial charge in [0.2, 0.25) is 0 Å². The molecule has 0 amide bonds. The van der Waals surface area contributed by atoms with Crippen LogP contribution in [0.4, 0.5) is 5.69 Å². The van der Waals surface area contributed by atoms with Crippen molar-refractivity contribution >= 4 is 31.0 Å². The lowest BCUT2D eigenvalue weighted by Gasteiger charge is -2.24. The third-order valence-electron chi connectivity index (χ3n) is 4.02. The Balaban J connectivity index is 1.91. The van der Waals surface area contributed by atoms with Crippen LogP contribution in [-0.4, -0.2) is 13.9 Å². The molecule has 3 heteroatoms. The quantitative estimate of drug-likeness (QED) is 0.551. The van der Waals surface area contributed by atoms with Crippen LogP contribution >= 0.6 is 7.14 Å². The number of nitrogens with one attached hydrogen (secondary N) is 1. The van der Waals surface area contributed by atoms with Gasteiger partial charge in [-0.05, 0) is 43.3 Å². The second-order valence-electron chi connectivity index (χ2n) is 5.74. The molecule has 0 saturated carbocycles. The van der Waals surface area contributed by atoms with E-state index in [1.165, 1.54) is 16.2 Å². The zero-order chi connectivity index (χ0) is 16.1. The van der Waals surface area contributed by atoms with E-state index in [-0.39, 0.29) is 0 Å². The lowest BCUT2D eigenvalue weighted by Crippen LogP contribution is -2.27. The minimum absolute atomic E-state index is 0.740. The van der Waals surface area contributed by atoms with Gasteiger partial charge in [-0.3, -0.25) is 0 Å². The van der Waals surface area contributed by atoms with Crippen molar-refractivity contribution in [1.82, 2.24) is 0 Å². The average Bonchev–Trinajstić information content (AvgIpc) is 2.62. The Morgan fingerprint density at radius 1 is 0.739 bits per heavy atom. The van der Waals surface area contributed by atoms with E-state index in [0.717, 1.165) is 12.0 Å². The standard InChI is InChI=1S/C20H20BNP/c1-17-12-14-18(15-13-17)22-16-23(21,19-8-4-2-5-9-19)20-10-6-3-7-11-20/h2-15,22H,16H2,1H3/q+1. The highest BCUT2D eigenvalue weighted by Gasteiger charge is 2.37. The molecule has 3 aromatic rings. The maximum atomic E-state index is 6.97. The van der Waals surface area contributed by atoms with Crippen LogP contribution in [0.5, 0.6) is 0 Å². The number of aryl methyl sites for hydroxylation is 1. The third-order valence-corrected chi connectivity index (χ3v) is 7.11. The minimum Gasteiger partial charge on any atom is -0.354 e. The second kappa shape index (κ2) is 7.02. The highest BCUT2D eigenvalue weighted by atomic mass is 31.2. The monoisotopic (exact) mass is 316 g/mol. The molecule has 0 aliphatic carbocycles. The van der Waals surface area contributed by atoms with Crippen molar-refractivity contribution in [1.29, 1.82) is 0 Å². The number of benzene rings is 3. The second-order valence-corrected chi connectivity index (χ2v) is 8.83. The average molecular weight is 316 g/mol. The van der Waals surface area contributed by atoms with Crippen molar-refractivity contribution in [3.8, 4) is 0 Å². The highest BCUT2D eigenvalue weighted by molar-refractivity contribution is 8.08. The molecule has 3 rings (SSSR count). The fraction of sp³-hybridized carbons (Fsp3) is 0.100. The molecule has 0 saturated heterocycles. The number of hydrogen-bond donors (Lipinski definition) is 1. The van der Waals surface area contributed by atoms with Crippen LogP contribution in [0.15, 0.2) is 84.9 Å². The molecular weight excluding hydrogens is 296 g/mol. The molecule has 0 fully saturated rings. The summed E-state index contributed by atoms with van der Waals surface area (Å²) in [6.45, 7) is 2.10. The molecule has 0 aliphatic rings. The summed E-state index contributed by atoms with van der Waals surface area (Å²) in [5, 5.41) is 5.96. The van der Waals surface area contributed by atoms with Crippen LogP contribution in [-0.2, 0) is 0 Å². The Morgan fingerprint density at radius 2 is 1.22 bits per heavy atom. The first-order valence-corrected chi connectivity index (χ1v) is 9.81. The fourth-order valence-electron chi connectivity index (χ4n) is 2.61. The minimum atomic E-state index is -1.96. The summed E-state index contributed by atoms with van der Waals surface area (Å²) >= 11 is 0. The van der Waals surface area contributed by atoms with Crippen molar-refractivity contribution in [3.05, 3.63) is 90.5 Å². The molecule has 3 aromatic carbocycles. The Hall–Kier alpha value is -2.05. The van der Waals surface area contributed by atoms with Gasteiger partial charge in [0.15, 0.2) is 0 Å². The molecule has 2 radical (unpaired) electrons. The summed E-state index contributed by atoms with van der Waals surface area (Å²) in [4.78, 5) is 0. The van der Waals surface area contributed by atoms with Gasteiger partial charge in [-0.15, -0.1) is 0 Å². The van der Waals surface area contributed by atoms with Crippen LogP contribution in [0, 0.1) is 6.92 Å². The zero-order valence-electron chi connectivity index (χ0n) is 13.3. The lowest BCUT2D eigenvalue weighted by atomic mass is 10.2. The molecule has 23 heavy (non-hydrogen) atoms. The van der Waals surface area contributed by atoms with E-state index in [4.69, 9.17) is 7.57 Å². The van der Waals surface area contributed by atoms with Crippen molar-refractivity contribution < 1.29 is 0 Å².